The normalized spacial score (nSPS) is 11.7. The van der Waals surface area contributed by atoms with Gasteiger partial charge in [-0.2, -0.15) is 0 Å². The Labute approximate surface area is 184 Å². The minimum absolute atomic E-state index is 0.154. The number of carboxylic acids is 1. The zero-order chi connectivity index (χ0) is 22.2. The average molecular weight is 440 g/mol. The van der Waals surface area contributed by atoms with E-state index in [4.69, 9.17) is 16.7 Å². The van der Waals surface area contributed by atoms with Crippen LogP contribution in [-0.4, -0.2) is 39.7 Å². The van der Waals surface area contributed by atoms with Crippen molar-refractivity contribution in [3.05, 3.63) is 83.0 Å². The Morgan fingerprint density at radius 3 is 2.48 bits per heavy atom. The van der Waals surface area contributed by atoms with Crippen LogP contribution in [0.5, 0.6) is 0 Å². The number of nitrogens with zero attached hydrogens (tertiary/aromatic N) is 1. The maximum Gasteiger partial charge on any atom is 0.306 e. The van der Waals surface area contributed by atoms with E-state index in [9.17, 15) is 14.7 Å². The highest BCUT2D eigenvalue weighted by Crippen LogP contribution is 2.30. The van der Waals surface area contributed by atoms with E-state index >= 15 is 0 Å². The third-order valence-electron chi connectivity index (χ3n) is 4.51. The van der Waals surface area contributed by atoms with Crippen molar-refractivity contribution in [2.45, 2.75) is 19.1 Å². The lowest BCUT2D eigenvalue weighted by Crippen LogP contribution is -2.28. The summed E-state index contributed by atoms with van der Waals surface area (Å²) in [4.78, 5) is 27.5. The van der Waals surface area contributed by atoms with Crippen LogP contribution in [-0.2, 0) is 11.3 Å². The highest BCUT2D eigenvalue weighted by Gasteiger charge is 2.15. The van der Waals surface area contributed by atoms with Crippen molar-refractivity contribution < 1.29 is 19.8 Å². The number of hydrogen-bond donors (Lipinski definition) is 4. The molecule has 0 aliphatic rings. The van der Waals surface area contributed by atoms with E-state index in [1.54, 1.807) is 30.5 Å². The summed E-state index contributed by atoms with van der Waals surface area (Å²) in [5, 5.41) is 24.3. The zero-order valence-electron chi connectivity index (χ0n) is 16.6. The first kappa shape index (κ1) is 22.4. The van der Waals surface area contributed by atoms with E-state index < -0.39 is 12.1 Å². The Kier molecular flexibility index (Phi) is 7.72. The summed E-state index contributed by atoms with van der Waals surface area (Å²) >= 11 is 6.50. The molecule has 1 amide bonds. The van der Waals surface area contributed by atoms with Gasteiger partial charge in [-0.3, -0.25) is 9.59 Å². The Bertz CT molecular complexity index is 1040. The number of aliphatic carboxylic acids is 1. The van der Waals surface area contributed by atoms with Crippen LogP contribution in [0.4, 0.5) is 5.82 Å². The van der Waals surface area contributed by atoms with Crippen LogP contribution in [0.3, 0.4) is 0 Å². The standard InChI is InChI=1S/C23H22ClN3O4/c24-22-18(16-5-2-1-3-6-16)7-4-8-19(22)23(31)27-20-10-9-15(13-26-20)12-25-14-17(28)11-21(29)30/h1-10,13,17,25,28H,11-12,14H2,(H,29,30)(H,26,27,31)/t17-/m0/s1. The second-order valence-electron chi connectivity index (χ2n) is 6.92. The van der Waals surface area contributed by atoms with Gasteiger partial charge in [-0.25, -0.2) is 4.98 Å². The molecule has 3 aromatic rings. The molecule has 0 bridgehead atoms. The van der Waals surface area contributed by atoms with Gasteiger partial charge < -0.3 is 20.8 Å². The second kappa shape index (κ2) is 10.7. The van der Waals surface area contributed by atoms with Gasteiger partial charge in [0.25, 0.3) is 5.91 Å². The molecule has 0 unspecified atom stereocenters. The number of aromatic nitrogens is 1. The molecule has 1 atom stereocenters. The van der Waals surface area contributed by atoms with Gasteiger partial charge in [-0.05, 0) is 23.3 Å². The Balaban J connectivity index is 1.61. The molecule has 0 saturated heterocycles. The number of anilines is 1. The predicted octanol–water partition coefficient (Wildman–Crippen LogP) is 3.58. The number of carboxylic acid groups (broad SMARTS) is 1. The molecule has 0 aliphatic carbocycles. The van der Waals surface area contributed by atoms with Crippen molar-refractivity contribution in [3.8, 4) is 11.1 Å². The van der Waals surface area contributed by atoms with Gasteiger partial charge in [0.1, 0.15) is 5.82 Å². The monoisotopic (exact) mass is 439 g/mol. The number of amides is 1. The molecule has 3 rings (SSSR count). The van der Waals surface area contributed by atoms with E-state index in [-0.39, 0.29) is 18.9 Å². The first-order chi connectivity index (χ1) is 14.9. The van der Waals surface area contributed by atoms with Gasteiger partial charge >= 0.3 is 5.97 Å². The summed E-state index contributed by atoms with van der Waals surface area (Å²) in [6.07, 6.45) is 0.318. The number of halogens is 1. The molecule has 0 aliphatic heterocycles. The maximum atomic E-state index is 12.7. The van der Waals surface area contributed by atoms with E-state index in [0.29, 0.717) is 22.9 Å². The van der Waals surface area contributed by atoms with Crippen LogP contribution >= 0.6 is 11.6 Å². The molecule has 0 saturated carbocycles. The van der Waals surface area contributed by atoms with E-state index in [2.05, 4.69) is 15.6 Å². The quantitative estimate of drug-likeness (QED) is 0.405. The average Bonchev–Trinajstić information content (AvgIpc) is 2.75. The number of aliphatic hydroxyl groups excluding tert-OH is 1. The maximum absolute atomic E-state index is 12.7. The van der Waals surface area contributed by atoms with Crippen LogP contribution in [0.15, 0.2) is 66.9 Å². The summed E-state index contributed by atoms with van der Waals surface area (Å²) in [7, 11) is 0. The number of pyridine rings is 1. The predicted molar refractivity (Wildman–Crippen MR) is 119 cm³/mol. The van der Waals surface area contributed by atoms with Crippen LogP contribution in [0.2, 0.25) is 5.02 Å². The first-order valence-electron chi connectivity index (χ1n) is 9.65. The lowest BCUT2D eigenvalue weighted by molar-refractivity contribution is -0.139. The third kappa shape index (κ3) is 6.36. The number of aliphatic hydroxyl groups is 1. The summed E-state index contributed by atoms with van der Waals surface area (Å²) in [5.41, 5.74) is 2.87. The largest absolute Gasteiger partial charge is 0.481 e. The van der Waals surface area contributed by atoms with E-state index in [1.165, 1.54) is 0 Å². The number of carbonyl (C=O) groups excluding carboxylic acids is 1. The van der Waals surface area contributed by atoms with Crippen LogP contribution in [0.1, 0.15) is 22.3 Å². The van der Waals surface area contributed by atoms with Crippen molar-refractivity contribution in [1.29, 1.82) is 0 Å². The molecular weight excluding hydrogens is 418 g/mol. The second-order valence-corrected chi connectivity index (χ2v) is 7.30. The number of rotatable bonds is 9. The molecule has 4 N–H and O–H groups in total. The van der Waals surface area contributed by atoms with Gasteiger partial charge in [0, 0.05) is 24.8 Å². The minimum Gasteiger partial charge on any atom is -0.481 e. The summed E-state index contributed by atoms with van der Waals surface area (Å²) < 4.78 is 0. The molecule has 0 fully saturated rings. The molecular formula is C23H22ClN3O4. The van der Waals surface area contributed by atoms with E-state index in [0.717, 1.165) is 16.7 Å². The highest BCUT2D eigenvalue weighted by molar-refractivity contribution is 6.37. The van der Waals surface area contributed by atoms with E-state index in [1.807, 2.05) is 36.4 Å². The fourth-order valence-electron chi connectivity index (χ4n) is 2.99. The van der Waals surface area contributed by atoms with Crippen molar-refractivity contribution in [2.24, 2.45) is 0 Å². The molecule has 160 valence electrons. The SMILES string of the molecule is O=C(O)C[C@H](O)CNCc1ccc(NC(=O)c2cccc(-c3ccccc3)c2Cl)nc1. The Morgan fingerprint density at radius 1 is 1.03 bits per heavy atom. The molecule has 2 aromatic carbocycles. The molecule has 8 heteroatoms. The van der Waals surface area contributed by atoms with Crippen molar-refractivity contribution >= 4 is 29.3 Å². The number of nitrogens with one attached hydrogen (secondary N) is 2. The van der Waals surface area contributed by atoms with Crippen molar-refractivity contribution in [1.82, 2.24) is 10.3 Å². The molecule has 0 spiro atoms. The third-order valence-corrected chi connectivity index (χ3v) is 4.92. The summed E-state index contributed by atoms with van der Waals surface area (Å²) in [5.74, 6) is -1.04. The fraction of sp³-hybridized carbons (Fsp3) is 0.174. The molecule has 1 aromatic heterocycles. The Hall–Kier alpha value is -3.26. The van der Waals surface area contributed by atoms with Gasteiger partial charge in [0.05, 0.1) is 23.1 Å². The van der Waals surface area contributed by atoms with Crippen LogP contribution in [0.25, 0.3) is 11.1 Å². The highest BCUT2D eigenvalue weighted by atomic mass is 35.5. The van der Waals surface area contributed by atoms with Crippen LogP contribution in [0, 0.1) is 0 Å². The molecule has 0 radical (unpaired) electrons. The lowest BCUT2D eigenvalue weighted by atomic mass is 10.0. The lowest BCUT2D eigenvalue weighted by Gasteiger charge is -2.11. The number of carbonyl (C=O) groups is 2. The summed E-state index contributed by atoms with van der Waals surface area (Å²) in [6.45, 7) is 0.559. The number of benzene rings is 2. The molecule has 31 heavy (non-hydrogen) atoms. The summed E-state index contributed by atoms with van der Waals surface area (Å²) in [6, 6.07) is 18.3. The Morgan fingerprint density at radius 2 is 1.81 bits per heavy atom. The van der Waals surface area contributed by atoms with Crippen molar-refractivity contribution in [2.75, 3.05) is 11.9 Å². The van der Waals surface area contributed by atoms with Crippen molar-refractivity contribution in [3.63, 3.8) is 0 Å². The minimum atomic E-state index is -1.05. The smallest absolute Gasteiger partial charge is 0.306 e. The van der Waals surface area contributed by atoms with Gasteiger partial charge in [-0.1, -0.05) is 60.1 Å². The van der Waals surface area contributed by atoms with Gasteiger partial charge in [-0.15, -0.1) is 0 Å². The first-order valence-corrected chi connectivity index (χ1v) is 10.0. The molecule has 7 nitrogen and oxygen atoms in total. The van der Waals surface area contributed by atoms with Gasteiger partial charge in [0.2, 0.25) is 0 Å². The van der Waals surface area contributed by atoms with Crippen LogP contribution < -0.4 is 10.6 Å². The fourth-order valence-corrected chi connectivity index (χ4v) is 3.31. The topological polar surface area (TPSA) is 112 Å². The number of hydrogen-bond acceptors (Lipinski definition) is 5. The van der Waals surface area contributed by atoms with Gasteiger partial charge in [0.15, 0.2) is 0 Å². The zero-order valence-corrected chi connectivity index (χ0v) is 17.3. The molecule has 1 heterocycles.